The third-order valence-electron chi connectivity index (χ3n) is 15.7. The summed E-state index contributed by atoms with van der Waals surface area (Å²) in [5, 5.41) is 91.1. The highest BCUT2D eigenvalue weighted by Crippen LogP contribution is 2.55. The summed E-state index contributed by atoms with van der Waals surface area (Å²) in [5.74, 6) is -8.34. The van der Waals surface area contributed by atoms with Gasteiger partial charge in [0.15, 0.2) is 5.75 Å². The number of piperazine rings is 1. The number of aliphatic hydroxyl groups excluding tert-OH is 4. The van der Waals surface area contributed by atoms with Crippen LogP contribution in [0.1, 0.15) is 115 Å². The average Bonchev–Trinajstić information content (AvgIpc) is 1.48. The molecule has 5 bridgehead atoms. The zero-order valence-electron chi connectivity index (χ0n) is 51.0. The molecule has 84 heavy (non-hydrogen) atoms. The van der Waals surface area contributed by atoms with Gasteiger partial charge in [0.05, 0.1) is 66.2 Å². The minimum absolute atomic E-state index is 0.0559. The van der Waals surface area contributed by atoms with Gasteiger partial charge < -0.3 is 81.3 Å². The monoisotopic (exact) mass is 1190 g/mol. The Hall–Kier alpha value is -6.28. The van der Waals surface area contributed by atoms with Crippen molar-refractivity contribution in [2.24, 2.45) is 34.5 Å². The highest BCUT2D eigenvalue weighted by atomic mass is 32.1. The van der Waals surface area contributed by atoms with Gasteiger partial charge in [0, 0.05) is 130 Å². The Kier molecular flexibility index (Phi) is 27.5. The number of amides is 1. The Morgan fingerprint density at radius 1 is 0.940 bits per heavy atom. The van der Waals surface area contributed by atoms with E-state index in [1.165, 1.54) is 59.4 Å². The molecule has 0 radical (unpaired) electrons. The van der Waals surface area contributed by atoms with Crippen LogP contribution in [-0.4, -0.2) is 188 Å². The van der Waals surface area contributed by atoms with Crippen molar-refractivity contribution in [2.75, 3.05) is 72.0 Å². The van der Waals surface area contributed by atoms with E-state index in [9.17, 15) is 39.9 Å². The molecule has 23 heteroatoms. The van der Waals surface area contributed by atoms with Crippen LogP contribution in [0.15, 0.2) is 59.6 Å². The van der Waals surface area contributed by atoms with Crippen LogP contribution in [0.25, 0.3) is 10.8 Å². The SMILES string of the molecule is CC[C@@H](CO)NCCN[C@@H](CC)CO.CCc1cc(C(N)=S)ccn1.CO[C@H]1/C=C/O[C@@]2(C)Oc3c(C)c(O)c4c(O)c(c(/C=N\N5CCN(C)CC5)c(O)c4c3C2=O)NC(=O)/C(C)=C\C=C\[C@@H](C)[C@H](O)[C@@H](C)[C@H](O)[C@@H](C)[C@H](OC(C)=O)[C@@H]1C. The number of aliphatic hydroxyl groups is 4. The molecule has 7 rings (SSSR count). The van der Waals surface area contributed by atoms with Crippen molar-refractivity contribution in [3.05, 3.63) is 82.4 Å². The number of aryl methyl sites for hydroxylation is 1. The molecule has 0 aliphatic carbocycles. The minimum Gasteiger partial charge on any atom is -0.507 e. The summed E-state index contributed by atoms with van der Waals surface area (Å²) in [5.41, 5.74) is 7.01. The van der Waals surface area contributed by atoms with Gasteiger partial charge >= 0.3 is 11.8 Å². The van der Waals surface area contributed by atoms with Gasteiger partial charge in [-0.1, -0.05) is 78.9 Å². The Bertz CT molecular complexity index is 2820. The molecule has 11 atom stereocenters. The number of ether oxygens (including phenoxy) is 4. The largest absolute Gasteiger partial charge is 0.507 e. The lowest BCUT2D eigenvalue weighted by molar-refractivity contribution is -0.160. The maximum Gasteiger partial charge on any atom is 0.312 e. The molecular weight excluding hydrogens is 1100 g/mol. The van der Waals surface area contributed by atoms with Crippen molar-refractivity contribution >= 4 is 57.5 Å². The fourth-order valence-electron chi connectivity index (χ4n) is 9.98. The summed E-state index contributed by atoms with van der Waals surface area (Å²) in [6.07, 6.45) is 9.38. The van der Waals surface area contributed by atoms with E-state index in [4.69, 9.17) is 47.1 Å². The number of hydrogen-bond donors (Lipinski definition) is 11. The van der Waals surface area contributed by atoms with Crippen LogP contribution in [0.4, 0.5) is 5.69 Å². The Labute approximate surface area is 499 Å². The van der Waals surface area contributed by atoms with Crippen LogP contribution < -0.4 is 26.4 Å². The van der Waals surface area contributed by atoms with E-state index in [0.717, 1.165) is 56.7 Å². The summed E-state index contributed by atoms with van der Waals surface area (Å²) in [7, 11) is 3.42. The molecule has 2 aromatic carbocycles. The van der Waals surface area contributed by atoms with Crippen LogP contribution in [0.3, 0.4) is 0 Å². The van der Waals surface area contributed by atoms with Gasteiger partial charge in [-0.25, -0.2) is 0 Å². The number of esters is 1. The summed E-state index contributed by atoms with van der Waals surface area (Å²) in [6.45, 7) is 23.3. The zero-order chi connectivity index (χ0) is 62.7. The van der Waals surface area contributed by atoms with Crippen molar-refractivity contribution in [1.82, 2.24) is 25.5 Å². The fraction of sp³-hybridized carbons (Fsp3) is 0.574. The molecule has 12 N–H and O–H groups in total. The molecule has 0 saturated carbocycles. The normalized spacial score (nSPS) is 26.3. The second-order valence-corrected chi connectivity index (χ2v) is 22.3. The molecule has 5 heterocycles. The minimum atomic E-state index is -2.04. The highest BCUT2D eigenvalue weighted by molar-refractivity contribution is 7.80. The number of rotatable bonds is 15. The Balaban J connectivity index is 0.000000497. The van der Waals surface area contributed by atoms with Crippen molar-refractivity contribution < 1.29 is 69.1 Å². The van der Waals surface area contributed by atoms with E-state index in [1.807, 2.05) is 40.0 Å². The molecule has 0 spiro atoms. The second kappa shape index (κ2) is 32.8. The van der Waals surface area contributed by atoms with E-state index >= 15 is 0 Å². The summed E-state index contributed by atoms with van der Waals surface area (Å²) in [6, 6.07) is 4.14. The second-order valence-electron chi connectivity index (χ2n) is 21.9. The lowest BCUT2D eigenvalue weighted by Crippen LogP contribution is -2.46. The molecular formula is C61H92N8O14S. The number of nitrogens with one attached hydrogen (secondary N) is 3. The first-order valence-corrected chi connectivity index (χ1v) is 29.1. The number of nitrogens with zero attached hydrogens (tertiary/aromatic N) is 4. The number of likely N-dealkylation sites (N-methyl/N-ethyl adjacent to an activating group) is 1. The number of thiocarbonyl (C=S) groups is 1. The first-order chi connectivity index (χ1) is 39.7. The van der Waals surface area contributed by atoms with E-state index in [2.05, 4.69) is 30.9 Å². The molecule has 22 nitrogen and oxygen atoms in total. The number of phenols is 3. The number of carbonyl (C=O) groups is 3. The molecule has 4 aliphatic rings. The number of phenolic OH excluding ortho intramolecular Hbond substituents is 3. The maximum absolute atomic E-state index is 14.4. The number of nitrogens with two attached hydrogens (primary N) is 1. The first kappa shape index (κ1) is 70.2. The quantitative estimate of drug-likeness (QED) is 0.0229. The number of ketones is 1. The number of Topliss-reactive ketones (excluding diaryl/α,β-unsaturated/α-hetero) is 1. The number of anilines is 1. The van der Waals surface area contributed by atoms with Gasteiger partial charge in [0.25, 0.3) is 11.7 Å². The smallest absolute Gasteiger partial charge is 0.312 e. The highest BCUT2D eigenvalue weighted by Gasteiger charge is 2.50. The van der Waals surface area contributed by atoms with Crippen LogP contribution >= 0.6 is 12.2 Å². The predicted octanol–water partition coefficient (Wildman–Crippen LogP) is 5.32. The molecule has 1 aromatic heterocycles. The number of hydrazone groups is 1. The number of aromatic hydroxyl groups is 3. The zero-order valence-corrected chi connectivity index (χ0v) is 51.8. The van der Waals surface area contributed by atoms with E-state index in [0.29, 0.717) is 18.1 Å². The number of hydrogen-bond acceptors (Lipinski definition) is 21. The summed E-state index contributed by atoms with van der Waals surface area (Å²) in [4.78, 5) is 47.2. The first-order valence-electron chi connectivity index (χ1n) is 28.7. The topological polar surface area (TPSA) is 324 Å². The van der Waals surface area contributed by atoms with E-state index < -0.39 is 88.8 Å². The van der Waals surface area contributed by atoms with Crippen molar-refractivity contribution in [1.29, 1.82) is 0 Å². The summed E-state index contributed by atoms with van der Waals surface area (Å²) < 4.78 is 23.6. The standard InChI is InChI=1S/C43H58N4O12.C10H24N2O2.C8H10N2S/c1-21-12-11-13-22(2)42(55)45-33-28(20-44-47-17-15-46(9)16-18-47)37(52)30-31(38(33)53)36(51)26(6)40-32(30)41(54)43(8,59-40)57-19-14-29(56-10)23(3)39(58-27(7)48)25(5)35(50)24(4)34(21)49;1-3-9(7-13)11-5-6-12-10(4-2)8-14;1-2-7-5-6(8(9)11)3-4-10-7/h11-14,19-21,23-25,29,34-35,39,49-53H,15-18H2,1-10H3,(H,45,55);9-14H,3-8H2,1-2H3;3-5H,2H2,1H3,(H2,9,11)/b12-11+,19-14+,22-13-,44-20-;;/t21-,23-,24-,25-,29+,34+,35+,39-,43+;9-,10-;/m10./s1. The van der Waals surface area contributed by atoms with Gasteiger partial charge in [-0.3, -0.25) is 24.4 Å². The maximum atomic E-state index is 14.4. The molecule has 1 amide bonds. The molecule has 466 valence electrons. The van der Waals surface area contributed by atoms with E-state index in [1.54, 1.807) is 51.1 Å². The fourth-order valence-corrected chi connectivity index (χ4v) is 10.1. The third-order valence-corrected chi connectivity index (χ3v) is 16.0. The van der Waals surface area contributed by atoms with Crippen molar-refractivity contribution in [2.45, 2.75) is 138 Å². The van der Waals surface area contributed by atoms with Gasteiger partial charge in [-0.2, -0.15) is 5.10 Å². The third kappa shape index (κ3) is 17.9. The van der Waals surface area contributed by atoms with Crippen LogP contribution in [0.2, 0.25) is 0 Å². The molecule has 1 saturated heterocycles. The van der Waals surface area contributed by atoms with Gasteiger partial charge in [-0.15, -0.1) is 0 Å². The number of pyridine rings is 1. The number of carbonyl (C=O) groups excluding carboxylic acids is 3. The van der Waals surface area contributed by atoms with Gasteiger partial charge in [0.2, 0.25) is 0 Å². The predicted molar refractivity (Wildman–Crippen MR) is 328 cm³/mol. The Morgan fingerprint density at radius 3 is 2.11 bits per heavy atom. The lowest BCUT2D eigenvalue weighted by Gasteiger charge is -2.38. The number of benzene rings is 2. The van der Waals surface area contributed by atoms with Gasteiger partial charge in [-0.05, 0) is 58.4 Å². The summed E-state index contributed by atoms with van der Waals surface area (Å²) >= 11 is 4.82. The average molecular weight is 1190 g/mol. The molecule has 3 aromatic rings. The van der Waals surface area contributed by atoms with E-state index in [-0.39, 0.29) is 69.8 Å². The number of methoxy groups -OCH3 is 1. The van der Waals surface area contributed by atoms with Crippen LogP contribution in [0, 0.1) is 30.6 Å². The molecule has 0 unspecified atom stereocenters. The molecule has 4 aliphatic heterocycles. The molecule has 1 fully saturated rings. The van der Waals surface area contributed by atoms with Crippen LogP contribution in [0.5, 0.6) is 23.0 Å². The van der Waals surface area contributed by atoms with Crippen molar-refractivity contribution in [3.8, 4) is 23.0 Å². The van der Waals surface area contributed by atoms with Gasteiger partial charge in [0.1, 0.15) is 28.3 Å². The number of allylic oxidation sites excluding steroid dienone is 2. The number of fused-ring (bicyclic) bond motifs is 14. The number of aromatic nitrogens is 1. The lowest BCUT2D eigenvalue weighted by atomic mass is 9.78. The van der Waals surface area contributed by atoms with Crippen molar-refractivity contribution in [3.63, 3.8) is 0 Å². The Morgan fingerprint density at radius 2 is 1.56 bits per heavy atom. The van der Waals surface area contributed by atoms with Crippen LogP contribution in [-0.2, 0) is 30.2 Å².